The Kier molecular flexibility index (Phi) is 6.94. The van der Waals surface area contributed by atoms with Crippen LogP contribution in [-0.2, 0) is 9.53 Å². The molecule has 1 fully saturated rings. The number of carbonyl (C=O) groups is 2. The zero-order valence-electron chi connectivity index (χ0n) is 20.7. The number of ether oxygens (including phenoxy) is 4. The molecule has 0 saturated carbocycles. The fourth-order valence-corrected chi connectivity index (χ4v) is 4.68. The largest absolute Gasteiger partial charge is 0.482 e. The van der Waals surface area contributed by atoms with Crippen molar-refractivity contribution in [2.24, 2.45) is 5.92 Å². The van der Waals surface area contributed by atoms with Gasteiger partial charge < -0.3 is 29.0 Å². The maximum Gasteiger partial charge on any atom is 0.410 e. The summed E-state index contributed by atoms with van der Waals surface area (Å²) in [5, 5.41) is 9.35. The minimum Gasteiger partial charge on any atom is -0.482 e. The van der Waals surface area contributed by atoms with E-state index in [2.05, 4.69) is 10.8 Å². The summed E-state index contributed by atoms with van der Waals surface area (Å²) < 4.78 is 22.1. The Morgan fingerprint density at radius 2 is 2.00 bits per heavy atom. The van der Waals surface area contributed by atoms with Crippen LogP contribution in [0.3, 0.4) is 0 Å². The second-order valence-electron chi connectivity index (χ2n) is 10.1. The molecule has 1 amide bonds. The molecular formula is C27H34NO7+. The van der Waals surface area contributed by atoms with E-state index in [0.29, 0.717) is 43.7 Å². The summed E-state index contributed by atoms with van der Waals surface area (Å²) in [6.07, 6.45) is 9.01. The van der Waals surface area contributed by atoms with E-state index in [4.69, 9.17) is 14.2 Å². The normalized spacial score (nSPS) is 20.9. The Hall–Kier alpha value is -3.26. The van der Waals surface area contributed by atoms with Crippen molar-refractivity contribution < 1.29 is 33.6 Å². The lowest BCUT2D eigenvalue weighted by Crippen LogP contribution is -2.50. The van der Waals surface area contributed by atoms with E-state index in [9.17, 15) is 14.7 Å². The maximum atomic E-state index is 12.6. The maximum absolute atomic E-state index is 12.6. The molecule has 188 valence electrons. The van der Waals surface area contributed by atoms with E-state index >= 15 is 0 Å². The molecule has 1 aliphatic carbocycles. The molecule has 35 heavy (non-hydrogen) atoms. The first-order valence-electron chi connectivity index (χ1n) is 11.9. The molecule has 2 heterocycles. The third-order valence-electron chi connectivity index (χ3n) is 6.37. The molecule has 0 bridgehead atoms. The van der Waals surface area contributed by atoms with Crippen LogP contribution < -0.4 is 9.47 Å². The molecule has 2 aliphatic heterocycles. The average molecular weight is 485 g/mol. The van der Waals surface area contributed by atoms with Crippen LogP contribution in [-0.4, -0.2) is 65.0 Å². The standard InChI is InChI=1S/C27H33NO7/c1-26(2,3)35-25(31)28-14-12-27(13-15-28)16-20(18-8-10-19(11-9-18)24(29)30)23-21(33-17-32-4)6-5-7-22(23)34-27/h5-8,10-11,16,18H,9,12-15,17H2,1-4H3,(H,29,30)/p+1. The molecule has 3 aliphatic rings. The van der Waals surface area contributed by atoms with Crippen molar-refractivity contribution >= 4 is 17.6 Å². The molecule has 1 atom stereocenters. The van der Waals surface area contributed by atoms with Gasteiger partial charge in [-0.1, -0.05) is 24.3 Å². The first kappa shape index (κ1) is 24.9. The molecule has 8 heteroatoms. The molecule has 1 saturated heterocycles. The van der Waals surface area contributed by atoms with Crippen LogP contribution in [0.2, 0.25) is 0 Å². The number of fused-ring (bicyclic) bond motifs is 1. The van der Waals surface area contributed by atoms with Crippen LogP contribution >= 0.6 is 0 Å². The molecule has 4 rings (SSSR count). The van der Waals surface area contributed by atoms with Crippen molar-refractivity contribution in [3.8, 4) is 11.5 Å². The van der Waals surface area contributed by atoms with Gasteiger partial charge >= 0.3 is 12.1 Å². The fraction of sp³-hybridized carbons (Fsp3) is 0.481. The average Bonchev–Trinajstić information content (AvgIpc) is 2.81. The number of benzene rings is 1. The summed E-state index contributed by atoms with van der Waals surface area (Å²) in [6, 6.07) is 5.73. The van der Waals surface area contributed by atoms with Gasteiger partial charge in [0.15, 0.2) is 0 Å². The van der Waals surface area contributed by atoms with Gasteiger partial charge in [-0.25, -0.2) is 9.59 Å². The Labute approximate surface area is 205 Å². The summed E-state index contributed by atoms with van der Waals surface area (Å²) in [5.41, 5.74) is 1.10. The smallest absolute Gasteiger partial charge is 0.410 e. The monoisotopic (exact) mass is 484 g/mol. The topological polar surface area (TPSA) is 98.1 Å². The zero-order chi connectivity index (χ0) is 25.2. The third-order valence-corrected chi connectivity index (χ3v) is 6.37. The minimum atomic E-state index is -0.930. The number of nitrogens with zero attached hydrogens (tertiary/aromatic N) is 1. The SMILES string of the molecule is C[OH+]COc1cccc2c1C(C1C=CC(C(=O)O)=CC1)=CC1(CCN(C(=O)OC(C)(C)C)CC1)O2. The molecule has 2 N–H and O–H groups in total. The highest BCUT2D eigenvalue weighted by Crippen LogP contribution is 2.48. The summed E-state index contributed by atoms with van der Waals surface area (Å²) >= 11 is 0. The molecule has 0 radical (unpaired) electrons. The fourth-order valence-electron chi connectivity index (χ4n) is 4.68. The van der Waals surface area contributed by atoms with Gasteiger partial charge in [-0.15, -0.1) is 0 Å². The van der Waals surface area contributed by atoms with E-state index in [1.54, 1.807) is 24.2 Å². The molecule has 1 spiro atoms. The number of aliphatic carboxylic acids is 1. The lowest BCUT2D eigenvalue weighted by atomic mass is 9.78. The summed E-state index contributed by atoms with van der Waals surface area (Å²) in [6.45, 7) is 6.84. The highest BCUT2D eigenvalue weighted by Gasteiger charge is 2.42. The number of likely N-dealkylation sites (tertiary alicyclic amines) is 1. The number of carboxylic acid groups (broad SMARTS) is 1. The Morgan fingerprint density at radius 1 is 1.26 bits per heavy atom. The number of carboxylic acids is 1. The van der Waals surface area contributed by atoms with Gasteiger partial charge in [-0.2, -0.15) is 0 Å². The molecule has 1 unspecified atom stereocenters. The van der Waals surface area contributed by atoms with Gasteiger partial charge in [-0.05, 0) is 51.0 Å². The Bertz CT molecular complexity index is 1070. The van der Waals surface area contributed by atoms with E-state index in [-0.39, 0.29) is 18.8 Å². The zero-order valence-corrected chi connectivity index (χ0v) is 20.7. The quantitative estimate of drug-likeness (QED) is 0.494. The Balaban J connectivity index is 1.64. The number of piperidine rings is 1. The Morgan fingerprint density at radius 3 is 2.60 bits per heavy atom. The van der Waals surface area contributed by atoms with E-state index in [0.717, 1.165) is 16.9 Å². The van der Waals surface area contributed by atoms with Crippen molar-refractivity contribution in [2.75, 3.05) is 27.0 Å². The van der Waals surface area contributed by atoms with E-state index in [1.807, 2.05) is 45.0 Å². The number of hydrogen-bond acceptors (Lipinski definition) is 5. The van der Waals surface area contributed by atoms with Gasteiger partial charge in [0.1, 0.15) is 29.8 Å². The number of allylic oxidation sites excluding steroid dienone is 3. The molecule has 1 aromatic carbocycles. The summed E-state index contributed by atoms with van der Waals surface area (Å²) in [4.78, 5) is 25.7. The van der Waals surface area contributed by atoms with Crippen molar-refractivity contribution in [3.05, 3.63) is 53.6 Å². The van der Waals surface area contributed by atoms with Gasteiger partial charge in [0, 0.05) is 31.8 Å². The number of rotatable bonds is 5. The minimum absolute atomic E-state index is 0.0233. The predicted molar refractivity (Wildman–Crippen MR) is 131 cm³/mol. The van der Waals surface area contributed by atoms with Crippen LogP contribution in [0.25, 0.3) is 5.57 Å². The lowest BCUT2D eigenvalue weighted by Gasteiger charge is -2.44. The second kappa shape index (κ2) is 9.77. The highest BCUT2D eigenvalue weighted by molar-refractivity contribution is 5.91. The van der Waals surface area contributed by atoms with Crippen molar-refractivity contribution in [1.82, 2.24) is 4.90 Å². The van der Waals surface area contributed by atoms with E-state index in [1.165, 1.54) is 0 Å². The number of amides is 1. The summed E-state index contributed by atoms with van der Waals surface area (Å²) in [7, 11) is 1.69. The predicted octanol–water partition coefficient (Wildman–Crippen LogP) is 4.31. The first-order chi connectivity index (χ1) is 16.6. The molecular weight excluding hydrogens is 450 g/mol. The van der Waals surface area contributed by atoms with Gasteiger partial charge in [0.25, 0.3) is 6.79 Å². The van der Waals surface area contributed by atoms with Crippen LogP contribution in [0.15, 0.2) is 48.1 Å². The third kappa shape index (κ3) is 5.53. The van der Waals surface area contributed by atoms with Gasteiger partial charge in [0.2, 0.25) is 0 Å². The van der Waals surface area contributed by atoms with Crippen LogP contribution in [0, 0.1) is 5.92 Å². The van der Waals surface area contributed by atoms with E-state index < -0.39 is 17.2 Å². The number of aliphatic hydroxyl groups is 2. The van der Waals surface area contributed by atoms with Crippen molar-refractivity contribution in [1.29, 1.82) is 0 Å². The van der Waals surface area contributed by atoms with Crippen molar-refractivity contribution in [3.63, 3.8) is 0 Å². The van der Waals surface area contributed by atoms with Crippen LogP contribution in [0.1, 0.15) is 45.6 Å². The summed E-state index contributed by atoms with van der Waals surface area (Å²) in [5.74, 6) is 0.454. The van der Waals surface area contributed by atoms with Crippen LogP contribution in [0.5, 0.6) is 11.5 Å². The number of carbonyl (C=O) groups excluding carboxylic acids is 1. The van der Waals surface area contributed by atoms with Gasteiger partial charge in [0.05, 0.1) is 11.1 Å². The first-order valence-corrected chi connectivity index (χ1v) is 11.9. The lowest BCUT2D eigenvalue weighted by molar-refractivity contribution is -0.132. The molecule has 0 aromatic heterocycles. The van der Waals surface area contributed by atoms with Crippen molar-refractivity contribution in [2.45, 2.75) is 51.2 Å². The van der Waals surface area contributed by atoms with Crippen LogP contribution in [0.4, 0.5) is 4.79 Å². The molecule has 1 aromatic rings. The second-order valence-corrected chi connectivity index (χ2v) is 10.1. The number of hydrogen-bond donors (Lipinski definition) is 1. The van der Waals surface area contributed by atoms with Gasteiger partial charge in [-0.3, -0.25) is 0 Å². The molecule has 8 nitrogen and oxygen atoms in total. The highest BCUT2D eigenvalue weighted by atomic mass is 16.7.